The maximum atomic E-state index is 12.8. The molecular formula is C19H22N2O5S2. The van der Waals surface area contributed by atoms with Gasteiger partial charge in [-0.2, -0.15) is 0 Å². The van der Waals surface area contributed by atoms with Gasteiger partial charge in [-0.15, -0.1) is 0 Å². The largest absolute Gasteiger partial charge is 0.339 e. The third kappa shape index (κ3) is 4.53. The number of benzene rings is 2. The van der Waals surface area contributed by atoms with Gasteiger partial charge >= 0.3 is 0 Å². The minimum atomic E-state index is -3.98. The molecule has 0 bridgehead atoms. The first-order valence-corrected chi connectivity index (χ1v) is 12.3. The molecule has 7 nitrogen and oxygen atoms in total. The average Bonchev–Trinajstić information content (AvgIpc) is 2.68. The highest BCUT2D eigenvalue weighted by atomic mass is 32.2. The van der Waals surface area contributed by atoms with Crippen molar-refractivity contribution in [3.05, 3.63) is 54.1 Å². The molecule has 1 saturated heterocycles. The number of nitrogens with zero attached hydrogens (tertiary/aromatic N) is 1. The lowest BCUT2D eigenvalue weighted by Gasteiger charge is -2.27. The van der Waals surface area contributed by atoms with Gasteiger partial charge in [0.15, 0.2) is 9.84 Å². The number of carbonyl (C=O) groups excluding carboxylic acids is 1. The van der Waals surface area contributed by atoms with Crippen molar-refractivity contribution in [3.63, 3.8) is 0 Å². The fourth-order valence-electron chi connectivity index (χ4n) is 3.10. The van der Waals surface area contributed by atoms with Crippen molar-refractivity contribution in [2.75, 3.05) is 24.1 Å². The second-order valence-electron chi connectivity index (χ2n) is 6.75. The number of carbonyl (C=O) groups is 1. The molecule has 1 aliphatic rings. The summed E-state index contributed by atoms with van der Waals surface area (Å²) in [5.74, 6) is -0.203. The van der Waals surface area contributed by atoms with Gasteiger partial charge in [-0.05, 0) is 55.7 Å². The number of sulfone groups is 1. The molecule has 1 heterocycles. The Hall–Kier alpha value is -2.39. The van der Waals surface area contributed by atoms with E-state index >= 15 is 0 Å². The van der Waals surface area contributed by atoms with E-state index in [1.165, 1.54) is 24.3 Å². The highest BCUT2D eigenvalue weighted by molar-refractivity contribution is 7.92. The fraction of sp³-hybridized carbons (Fsp3) is 0.316. The molecule has 0 saturated carbocycles. The molecule has 1 amide bonds. The molecule has 1 aliphatic heterocycles. The Kier molecular flexibility index (Phi) is 5.76. The van der Waals surface area contributed by atoms with Crippen LogP contribution in [0.25, 0.3) is 0 Å². The summed E-state index contributed by atoms with van der Waals surface area (Å²) in [5, 5.41) is 0. The molecule has 2 aromatic carbocycles. The SMILES string of the molecule is CS(=O)(=O)c1ccc(S(=O)(=O)Nc2ccccc2C(=O)N2CCCCC2)cc1. The van der Waals surface area contributed by atoms with E-state index in [0.717, 1.165) is 25.5 Å². The van der Waals surface area contributed by atoms with Crippen LogP contribution < -0.4 is 4.72 Å². The maximum absolute atomic E-state index is 12.8. The predicted octanol–water partition coefficient (Wildman–Crippen LogP) is 2.52. The first-order chi connectivity index (χ1) is 13.2. The van der Waals surface area contributed by atoms with Crippen molar-refractivity contribution in [1.82, 2.24) is 4.90 Å². The second kappa shape index (κ2) is 7.92. The van der Waals surface area contributed by atoms with Gasteiger partial charge < -0.3 is 4.90 Å². The summed E-state index contributed by atoms with van der Waals surface area (Å²) < 4.78 is 51.0. The molecular weight excluding hydrogens is 400 g/mol. The summed E-state index contributed by atoms with van der Waals surface area (Å²) >= 11 is 0. The van der Waals surface area contributed by atoms with E-state index in [0.29, 0.717) is 18.7 Å². The standard InChI is InChI=1S/C19H22N2O5S2/c1-27(23,24)15-9-11-16(12-10-15)28(25,26)20-18-8-4-3-7-17(18)19(22)21-13-5-2-6-14-21/h3-4,7-12,20H,2,5-6,13-14H2,1H3. The number of piperidine rings is 1. The van der Waals surface area contributed by atoms with Gasteiger partial charge in [-0.25, -0.2) is 16.8 Å². The number of sulfonamides is 1. The molecule has 1 fully saturated rings. The van der Waals surface area contributed by atoms with Crippen LogP contribution >= 0.6 is 0 Å². The smallest absolute Gasteiger partial charge is 0.261 e. The van der Waals surface area contributed by atoms with Crippen molar-refractivity contribution in [2.24, 2.45) is 0 Å². The summed E-state index contributed by atoms with van der Waals surface area (Å²) in [5.41, 5.74) is 0.492. The van der Waals surface area contributed by atoms with Crippen LogP contribution in [-0.2, 0) is 19.9 Å². The van der Waals surface area contributed by atoms with Crippen LogP contribution in [0.5, 0.6) is 0 Å². The van der Waals surface area contributed by atoms with Crippen LogP contribution in [0.4, 0.5) is 5.69 Å². The zero-order valence-corrected chi connectivity index (χ0v) is 17.1. The van der Waals surface area contributed by atoms with Gasteiger partial charge in [0.25, 0.3) is 15.9 Å². The van der Waals surface area contributed by atoms with E-state index in [4.69, 9.17) is 0 Å². The molecule has 2 aromatic rings. The lowest BCUT2D eigenvalue weighted by molar-refractivity contribution is 0.0725. The van der Waals surface area contributed by atoms with Gasteiger partial charge in [-0.3, -0.25) is 9.52 Å². The minimum Gasteiger partial charge on any atom is -0.339 e. The van der Waals surface area contributed by atoms with Crippen LogP contribution in [0, 0.1) is 0 Å². The average molecular weight is 423 g/mol. The normalized spacial score (nSPS) is 15.2. The zero-order valence-electron chi connectivity index (χ0n) is 15.5. The Morgan fingerprint density at radius 3 is 2.04 bits per heavy atom. The van der Waals surface area contributed by atoms with E-state index in [1.807, 2.05) is 0 Å². The maximum Gasteiger partial charge on any atom is 0.261 e. The third-order valence-electron chi connectivity index (χ3n) is 4.61. The van der Waals surface area contributed by atoms with E-state index in [9.17, 15) is 21.6 Å². The highest BCUT2D eigenvalue weighted by Gasteiger charge is 2.23. The van der Waals surface area contributed by atoms with E-state index in [1.54, 1.807) is 29.2 Å². The number of nitrogens with one attached hydrogen (secondary N) is 1. The Bertz CT molecular complexity index is 1070. The molecule has 0 aliphatic carbocycles. The lowest BCUT2D eigenvalue weighted by atomic mass is 10.1. The third-order valence-corrected chi connectivity index (χ3v) is 7.12. The summed E-state index contributed by atoms with van der Waals surface area (Å²) in [4.78, 5) is 14.5. The molecule has 1 N–H and O–H groups in total. The van der Waals surface area contributed by atoms with Gasteiger partial charge in [-0.1, -0.05) is 12.1 Å². The van der Waals surface area contributed by atoms with Gasteiger partial charge in [0.05, 0.1) is 21.0 Å². The minimum absolute atomic E-state index is 0.0344. The first kappa shape index (κ1) is 20.3. The Morgan fingerprint density at radius 2 is 1.43 bits per heavy atom. The monoisotopic (exact) mass is 422 g/mol. The van der Waals surface area contributed by atoms with Crippen molar-refractivity contribution >= 4 is 31.5 Å². The van der Waals surface area contributed by atoms with Crippen LogP contribution in [-0.4, -0.2) is 47.0 Å². The second-order valence-corrected chi connectivity index (χ2v) is 10.4. The van der Waals surface area contributed by atoms with Crippen molar-refractivity contribution < 1.29 is 21.6 Å². The molecule has 0 spiro atoms. The molecule has 150 valence electrons. The Balaban J connectivity index is 1.87. The predicted molar refractivity (Wildman–Crippen MR) is 107 cm³/mol. The molecule has 3 rings (SSSR count). The summed E-state index contributed by atoms with van der Waals surface area (Å²) in [6.07, 6.45) is 4.01. The Morgan fingerprint density at radius 1 is 0.857 bits per heavy atom. The number of amides is 1. The highest BCUT2D eigenvalue weighted by Crippen LogP contribution is 2.23. The summed E-state index contributed by atoms with van der Waals surface area (Å²) in [7, 11) is -7.40. The number of para-hydroxylation sites is 1. The lowest BCUT2D eigenvalue weighted by Crippen LogP contribution is -2.36. The van der Waals surface area contributed by atoms with Crippen LogP contribution in [0.3, 0.4) is 0 Å². The molecule has 9 heteroatoms. The molecule has 0 radical (unpaired) electrons. The molecule has 0 aromatic heterocycles. The van der Waals surface area contributed by atoms with E-state index in [2.05, 4.69) is 4.72 Å². The number of hydrogen-bond acceptors (Lipinski definition) is 5. The van der Waals surface area contributed by atoms with Gasteiger partial charge in [0.1, 0.15) is 0 Å². The van der Waals surface area contributed by atoms with E-state index < -0.39 is 19.9 Å². The fourth-order valence-corrected chi connectivity index (χ4v) is 4.81. The topological polar surface area (TPSA) is 101 Å². The van der Waals surface area contributed by atoms with Crippen LogP contribution in [0.15, 0.2) is 58.3 Å². The first-order valence-electron chi connectivity index (χ1n) is 8.90. The number of anilines is 1. The summed E-state index contributed by atoms with van der Waals surface area (Å²) in [6, 6.07) is 11.4. The quantitative estimate of drug-likeness (QED) is 0.798. The zero-order chi connectivity index (χ0) is 20.4. The van der Waals surface area contributed by atoms with Crippen molar-refractivity contribution in [2.45, 2.75) is 29.1 Å². The van der Waals surface area contributed by atoms with Crippen LogP contribution in [0.1, 0.15) is 29.6 Å². The molecule has 0 atom stereocenters. The van der Waals surface area contributed by atoms with Gasteiger partial charge in [0, 0.05) is 19.3 Å². The Labute approximate surface area is 165 Å². The van der Waals surface area contributed by atoms with Crippen molar-refractivity contribution in [1.29, 1.82) is 0 Å². The van der Waals surface area contributed by atoms with E-state index in [-0.39, 0.29) is 21.4 Å². The number of likely N-dealkylation sites (tertiary alicyclic amines) is 1. The molecule has 28 heavy (non-hydrogen) atoms. The van der Waals surface area contributed by atoms with Crippen molar-refractivity contribution in [3.8, 4) is 0 Å². The molecule has 0 unspecified atom stereocenters. The number of rotatable bonds is 5. The number of hydrogen-bond donors (Lipinski definition) is 1. The summed E-state index contributed by atoms with van der Waals surface area (Å²) in [6.45, 7) is 1.32. The van der Waals surface area contributed by atoms with Crippen LogP contribution in [0.2, 0.25) is 0 Å². The van der Waals surface area contributed by atoms with Gasteiger partial charge in [0.2, 0.25) is 0 Å².